The van der Waals surface area contributed by atoms with Crippen LogP contribution in [0.5, 0.6) is 17.2 Å². The summed E-state index contributed by atoms with van der Waals surface area (Å²) in [6.45, 7) is 7.12. The van der Waals surface area contributed by atoms with Gasteiger partial charge in [0.05, 0.1) is 6.61 Å². The lowest BCUT2D eigenvalue weighted by Gasteiger charge is -2.41. The molecule has 138 valence electrons. The Kier molecular flexibility index (Phi) is 4.53. The SMILES string of the molecule is CCCCOc1cc2c3c(c1)-c1c(ccc(O)c1O)CC3N(CC)CC2. The highest BCUT2D eigenvalue weighted by Gasteiger charge is 2.35. The summed E-state index contributed by atoms with van der Waals surface area (Å²) in [6, 6.07) is 8.11. The molecule has 2 aromatic rings. The van der Waals surface area contributed by atoms with Gasteiger partial charge in [0.15, 0.2) is 11.5 Å². The van der Waals surface area contributed by atoms with Gasteiger partial charge in [0.25, 0.3) is 0 Å². The van der Waals surface area contributed by atoms with E-state index in [1.807, 2.05) is 6.07 Å². The number of rotatable bonds is 5. The molecule has 0 amide bonds. The first-order valence-corrected chi connectivity index (χ1v) is 9.71. The number of ether oxygens (including phenoxy) is 1. The van der Waals surface area contributed by atoms with Crippen molar-refractivity contribution in [2.45, 2.75) is 45.6 Å². The number of hydrogen-bond donors (Lipinski definition) is 2. The van der Waals surface area contributed by atoms with Gasteiger partial charge in [0, 0.05) is 18.2 Å². The van der Waals surface area contributed by atoms with Crippen LogP contribution >= 0.6 is 0 Å². The van der Waals surface area contributed by atoms with Gasteiger partial charge < -0.3 is 14.9 Å². The standard InChI is InChI=1S/C22H27NO3/c1-3-5-10-26-16-11-15-8-9-23(4-2)18-12-14-6-7-19(24)22(25)21(14)17(13-16)20(15)18/h6-7,11,13,18,24-25H,3-5,8-10,12H2,1-2H3. The highest BCUT2D eigenvalue weighted by atomic mass is 16.5. The van der Waals surface area contributed by atoms with Crippen LogP contribution in [0.15, 0.2) is 24.3 Å². The van der Waals surface area contributed by atoms with E-state index in [1.54, 1.807) is 6.07 Å². The Balaban J connectivity index is 1.88. The van der Waals surface area contributed by atoms with E-state index in [4.69, 9.17) is 4.74 Å². The van der Waals surface area contributed by atoms with Crippen LogP contribution in [0.25, 0.3) is 11.1 Å². The predicted molar refractivity (Wildman–Crippen MR) is 103 cm³/mol. The fraction of sp³-hybridized carbons (Fsp3) is 0.455. The van der Waals surface area contributed by atoms with Crippen molar-refractivity contribution in [2.24, 2.45) is 0 Å². The molecule has 0 saturated heterocycles. The Bertz CT molecular complexity index is 831. The van der Waals surface area contributed by atoms with E-state index in [2.05, 4.69) is 30.9 Å². The van der Waals surface area contributed by atoms with Crippen LogP contribution in [0.3, 0.4) is 0 Å². The van der Waals surface area contributed by atoms with Gasteiger partial charge in [-0.2, -0.15) is 0 Å². The van der Waals surface area contributed by atoms with Crippen molar-refractivity contribution in [1.82, 2.24) is 4.90 Å². The third-order valence-electron chi connectivity index (χ3n) is 5.78. The number of hydrogen-bond acceptors (Lipinski definition) is 4. The minimum Gasteiger partial charge on any atom is -0.504 e. The molecule has 1 unspecified atom stereocenters. The van der Waals surface area contributed by atoms with Crippen molar-refractivity contribution in [2.75, 3.05) is 19.7 Å². The number of fused-ring (bicyclic) bond motifs is 2. The molecule has 4 heteroatoms. The molecule has 0 spiro atoms. The second-order valence-electron chi connectivity index (χ2n) is 7.31. The maximum atomic E-state index is 10.6. The molecule has 2 N–H and O–H groups in total. The Morgan fingerprint density at radius 2 is 2.00 bits per heavy atom. The highest BCUT2D eigenvalue weighted by Crippen LogP contribution is 2.51. The van der Waals surface area contributed by atoms with Crippen LogP contribution in [0, 0.1) is 0 Å². The molecular formula is C22H27NO3. The van der Waals surface area contributed by atoms with Crippen LogP contribution in [0.1, 0.15) is 49.4 Å². The van der Waals surface area contributed by atoms with E-state index >= 15 is 0 Å². The second kappa shape index (κ2) is 6.84. The van der Waals surface area contributed by atoms with Gasteiger partial charge in [-0.1, -0.05) is 26.3 Å². The average Bonchev–Trinajstić information content (AvgIpc) is 2.65. The summed E-state index contributed by atoms with van der Waals surface area (Å²) in [5.41, 5.74) is 5.50. The first-order chi connectivity index (χ1) is 12.6. The maximum Gasteiger partial charge on any atom is 0.165 e. The number of benzene rings is 2. The van der Waals surface area contributed by atoms with Crippen molar-refractivity contribution < 1.29 is 14.9 Å². The zero-order valence-corrected chi connectivity index (χ0v) is 15.6. The predicted octanol–water partition coefficient (Wildman–Crippen LogP) is 4.42. The quantitative estimate of drug-likeness (QED) is 0.617. The molecule has 1 heterocycles. The second-order valence-corrected chi connectivity index (χ2v) is 7.31. The third kappa shape index (κ3) is 2.73. The fourth-order valence-electron chi connectivity index (χ4n) is 4.42. The average molecular weight is 353 g/mol. The highest BCUT2D eigenvalue weighted by molar-refractivity contribution is 5.83. The summed E-state index contributed by atoms with van der Waals surface area (Å²) in [5.74, 6) is 0.797. The molecule has 2 aromatic carbocycles. The van der Waals surface area contributed by atoms with Crippen LogP contribution < -0.4 is 4.74 Å². The summed E-state index contributed by atoms with van der Waals surface area (Å²) in [7, 11) is 0. The molecule has 4 rings (SSSR count). The van der Waals surface area contributed by atoms with E-state index in [9.17, 15) is 10.2 Å². The summed E-state index contributed by atoms with van der Waals surface area (Å²) in [6.07, 6.45) is 3.99. The van der Waals surface area contributed by atoms with Crippen molar-refractivity contribution in [3.05, 3.63) is 41.0 Å². The third-order valence-corrected chi connectivity index (χ3v) is 5.78. The number of nitrogens with zero attached hydrogens (tertiary/aromatic N) is 1. The van der Waals surface area contributed by atoms with Gasteiger partial charge >= 0.3 is 0 Å². The lowest BCUT2D eigenvalue weighted by molar-refractivity contribution is 0.192. The molecule has 1 aliphatic carbocycles. The Morgan fingerprint density at radius 1 is 1.15 bits per heavy atom. The molecule has 0 radical (unpaired) electrons. The molecular weight excluding hydrogens is 326 g/mol. The Hall–Kier alpha value is -2.20. The largest absolute Gasteiger partial charge is 0.504 e. The van der Waals surface area contributed by atoms with Crippen molar-refractivity contribution in [3.63, 3.8) is 0 Å². The number of phenols is 2. The van der Waals surface area contributed by atoms with E-state index in [0.717, 1.165) is 61.2 Å². The normalized spacial score (nSPS) is 18.3. The zero-order valence-electron chi connectivity index (χ0n) is 15.6. The monoisotopic (exact) mass is 353 g/mol. The number of phenolic OH excluding ortho intramolecular Hbond substituents is 2. The van der Waals surface area contributed by atoms with Crippen molar-refractivity contribution in [1.29, 1.82) is 0 Å². The van der Waals surface area contributed by atoms with Crippen LogP contribution in [0.2, 0.25) is 0 Å². The molecule has 26 heavy (non-hydrogen) atoms. The van der Waals surface area contributed by atoms with Crippen molar-refractivity contribution in [3.8, 4) is 28.4 Å². The number of unbranched alkanes of at least 4 members (excludes halogenated alkanes) is 1. The Labute approximate surface area is 155 Å². The van der Waals surface area contributed by atoms with Gasteiger partial charge in [-0.05, 0) is 66.3 Å². The maximum absolute atomic E-state index is 10.6. The fourth-order valence-corrected chi connectivity index (χ4v) is 4.42. The van der Waals surface area contributed by atoms with Gasteiger partial charge in [0.1, 0.15) is 5.75 Å². The van der Waals surface area contributed by atoms with Crippen LogP contribution in [-0.4, -0.2) is 34.8 Å². The van der Waals surface area contributed by atoms with Crippen molar-refractivity contribution >= 4 is 0 Å². The van der Waals surface area contributed by atoms with E-state index in [0.29, 0.717) is 12.6 Å². The number of likely N-dealkylation sites (N-methyl/N-ethyl adjacent to an activating group) is 1. The molecule has 4 nitrogen and oxygen atoms in total. The van der Waals surface area contributed by atoms with Gasteiger partial charge in [0.2, 0.25) is 0 Å². The summed E-state index contributed by atoms with van der Waals surface area (Å²) < 4.78 is 5.99. The van der Waals surface area contributed by atoms with Crippen LogP contribution in [0.4, 0.5) is 0 Å². The lowest BCUT2D eigenvalue weighted by atomic mass is 9.76. The molecule has 1 aliphatic heterocycles. The lowest BCUT2D eigenvalue weighted by Crippen LogP contribution is -2.38. The molecule has 0 fully saturated rings. The zero-order chi connectivity index (χ0) is 18.3. The molecule has 0 aromatic heterocycles. The molecule has 2 aliphatic rings. The minimum absolute atomic E-state index is 0.0116. The van der Waals surface area contributed by atoms with Gasteiger partial charge in [-0.3, -0.25) is 4.90 Å². The Morgan fingerprint density at radius 3 is 2.77 bits per heavy atom. The summed E-state index contributed by atoms with van der Waals surface area (Å²) >= 11 is 0. The van der Waals surface area contributed by atoms with E-state index < -0.39 is 0 Å². The van der Waals surface area contributed by atoms with E-state index in [-0.39, 0.29) is 11.5 Å². The summed E-state index contributed by atoms with van der Waals surface area (Å²) in [5, 5.41) is 20.6. The molecule has 0 saturated carbocycles. The van der Waals surface area contributed by atoms with Crippen LogP contribution in [-0.2, 0) is 12.8 Å². The van der Waals surface area contributed by atoms with Gasteiger partial charge in [-0.15, -0.1) is 0 Å². The van der Waals surface area contributed by atoms with Gasteiger partial charge in [-0.25, -0.2) is 0 Å². The molecule has 0 bridgehead atoms. The number of aromatic hydroxyl groups is 2. The first kappa shape index (κ1) is 17.2. The van der Waals surface area contributed by atoms with E-state index in [1.165, 1.54) is 11.1 Å². The minimum atomic E-state index is -0.0589. The first-order valence-electron chi connectivity index (χ1n) is 9.71. The topological polar surface area (TPSA) is 52.9 Å². The summed E-state index contributed by atoms with van der Waals surface area (Å²) in [4.78, 5) is 2.51. The smallest absolute Gasteiger partial charge is 0.165 e. The molecule has 1 atom stereocenters.